The van der Waals surface area contributed by atoms with Gasteiger partial charge in [0.15, 0.2) is 0 Å². The van der Waals surface area contributed by atoms with Gasteiger partial charge in [-0.1, -0.05) is 0 Å². The van der Waals surface area contributed by atoms with Crippen molar-refractivity contribution in [1.29, 1.82) is 0 Å². The number of primary amides is 1. The molecule has 1 fully saturated rings. The summed E-state index contributed by atoms with van der Waals surface area (Å²) in [5.41, 5.74) is 4.60. The molecule has 0 spiro atoms. The summed E-state index contributed by atoms with van der Waals surface area (Å²) in [5.74, 6) is -1.93. The lowest BCUT2D eigenvalue weighted by Crippen LogP contribution is -2.55. The van der Waals surface area contributed by atoms with Crippen LogP contribution in [0, 0.1) is 0 Å². The number of carboxylic acids is 1. The first kappa shape index (κ1) is 16.2. The molecule has 0 bridgehead atoms. The van der Waals surface area contributed by atoms with E-state index in [2.05, 4.69) is 0 Å². The Bertz CT molecular complexity index is 385. The predicted molar refractivity (Wildman–Crippen MR) is 70.0 cm³/mol. The molecule has 0 saturated carbocycles. The van der Waals surface area contributed by atoms with Crippen LogP contribution in [0.1, 0.15) is 19.8 Å². The van der Waals surface area contributed by atoms with Crippen LogP contribution in [-0.2, 0) is 14.3 Å². The van der Waals surface area contributed by atoms with Gasteiger partial charge in [0.05, 0.1) is 12.1 Å². The smallest absolute Gasteiger partial charge is 0.323 e. The molecule has 0 aromatic rings. The minimum atomic E-state index is -1.19. The number of ether oxygens (including phenoxy) is 1. The Morgan fingerprint density at radius 1 is 1.40 bits per heavy atom. The number of nitrogens with two attached hydrogens (primary N) is 1. The molecule has 1 aliphatic heterocycles. The minimum Gasteiger partial charge on any atom is -0.480 e. The van der Waals surface area contributed by atoms with Gasteiger partial charge in [-0.15, -0.1) is 0 Å². The second-order valence-corrected chi connectivity index (χ2v) is 5.18. The third kappa shape index (κ3) is 4.37. The SMILES string of the molecule is COC1(C)CCCN(C(=O)N(CC(N)=O)CC(=O)O)C1. The molecule has 20 heavy (non-hydrogen) atoms. The van der Waals surface area contributed by atoms with Crippen molar-refractivity contribution in [2.45, 2.75) is 25.4 Å². The average molecular weight is 287 g/mol. The molecule has 8 heteroatoms. The molecule has 0 aromatic carbocycles. The van der Waals surface area contributed by atoms with E-state index in [-0.39, 0.29) is 0 Å². The standard InChI is InChI=1S/C12H21N3O5/c1-12(20-2)4-3-5-14(8-12)11(19)15(6-9(13)16)7-10(17)18/h3-8H2,1-2H3,(H2,13,16)(H,17,18). The Kier molecular flexibility index (Phi) is 5.32. The molecule has 1 aliphatic rings. The maximum absolute atomic E-state index is 12.3. The van der Waals surface area contributed by atoms with Crippen molar-refractivity contribution >= 4 is 17.9 Å². The van der Waals surface area contributed by atoms with Gasteiger partial charge in [-0.25, -0.2) is 4.79 Å². The summed E-state index contributed by atoms with van der Waals surface area (Å²) in [6, 6.07) is -0.505. The second-order valence-electron chi connectivity index (χ2n) is 5.18. The summed E-state index contributed by atoms with van der Waals surface area (Å²) in [6.45, 7) is 1.79. The largest absolute Gasteiger partial charge is 0.480 e. The number of rotatable bonds is 5. The van der Waals surface area contributed by atoms with Crippen molar-refractivity contribution in [2.24, 2.45) is 5.73 Å². The van der Waals surface area contributed by atoms with E-state index in [0.29, 0.717) is 13.1 Å². The molecule has 0 aliphatic carbocycles. The number of nitrogens with zero attached hydrogens (tertiary/aromatic N) is 2. The maximum Gasteiger partial charge on any atom is 0.323 e. The highest BCUT2D eigenvalue weighted by atomic mass is 16.5. The lowest BCUT2D eigenvalue weighted by molar-refractivity contribution is -0.138. The molecule has 1 unspecified atom stereocenters. The molecule has 1 rings (SSSR count). The number of carbonyl (C=O) groups excluding carboxylic acids is 2. The number of hydrogen-bond acceptors (Lipinski definition) is 4. The number of likely N-dealkylation sites (tertiary alicyclic amines) is 1. The molecule has 0 radical (unpaired) electrons. The van der Waals surface area contributed by atoms with E-state index in [1.807, 2.05) is 6.92 Å². The van der Waals surface area contributed by atoms with Gasteiger partial charge in [0.2, 0.25) is 5.91 Å². The van der Waals surface area contributed by atoms with Crippen LogP contribution in [0.25, 0.3) is 0 Å². The summed E-state index contributed by atoms with van der Waals surface area (Å²) in [6.07, 6.45) is 1.58. The van der Waals surface area contributed by atoms with Gasteiger partial charge in [-0.3, -0.25) is 9.59 Å². The molecule has 8 nitrogen and oxygen atoms in total. The number of piperidine rings is 1. The number of hydrogen-bond donors (Lipinski definition) is 2. The molecule has 1 heterocycles. The predicted octanol–water partition coefficient (Wildman–Crippen LogP) is -0.521. The molecular formula is C12H21N3O5. The Morgan fingerprint density at radius 3 is 2.55 bits per heavy atom. The number of carbonyl (C=O) groups is 3. The molecular weight excluding hydrogens is 266 g/mol. The summed E-state index contributed by atoms with van der Waals surface area (Å²) in [5, 5.41) is 8.80. The zero-order valence-electron chi connectivity index (χ0n) is 11.8. The summed E-state index contributed by atoms with van der Waals surface area (Å²) in [4.78, 5) is 36.5. The molecule has 114 valence electrons. The lowest BCUT2D eigenvalue weighted by Gasteiger charge is -2.40. The number of carboxylic acid groups (broad SMARTS) is 1. The van der Waals surface area contributed by atoms with Gasteiger partial charge < -0.3 is 25.4 Å². The summed E-state index contributed by atoms with van der Waals surface area (Å²) < 4.78 is 5.38. The van der Waals surface area contributed by atoms with Gasteiger partial charge >= 0.3 is 12.0 Å². The van der Waals surface area contributed by atoms with Crippen molar-refractivity contribution < 1.29 is 24.2 Å². The Balaban J connectivity index is 2.77. The van der Waals surface area contributed by atoms with Crippen molar-refractivity contribution in [3.8, 4) is 0 Å². The zero-order chi connectivity index (χ0) is 15.3. The first-order valence-corrected chi connectivity index (χ1v) is 6.36. The van der Waals surface area contributed by atoms with E-state index in [0.717, 1.165) is 17.7 Å². The van der Waals surface area contributed by atoms with Gasteiger partial charge in [-0.2, -0.15) is 0 Å². The Hall–Kier alpha value is -1.83. The van der Waals surface area contributed by atoms with Crippen LogP contribution in [0.2, 0.25) is 0 Å². The highest BCUT2D eigenvalue weighted by molar-refractivity contribution is 5.86. The van der Waals surface area contributed by atoms with E-state index in [1.54, 1.807) is 7.11 Å². The lowest BCUT2D eigenvalue weighted by atomic mass is 9.95. The van der Waals surface area contributed by atoms with Gasteiger partial charge in [0.1, 0.15) is 13.1 Å². The number of amides is 3. The van der Waals surface area contributed by atoms with Crippen LogP contribution in [0.4, 0.5) is 4.79 Å². The highest BCUT2D eigenvalue weighted by Crippen LogP contribution is 2.24. The summed E-state index contributed by atoms with van der Waals surface area (Å²) in [7, 11) is 1.58. The minimum absolute atomic E-state index is 0.358. The fourth-order valence-corrected chi connectivity index (χ4v) is 2.28. The van der Waals surface area contributed by atoms with Crippen molar-refractivity contribution in [3.05, 3.63) is 0 Å². The van der Waals surface area contributed by atoms with Crippen LogP contribution in [0.3, 0.4) is 0 Å². The first-order valence-electron chi connectivity index (χ1n) is 6.36. The Labute approximate surface area is 117 Å². The van der Waals surface area contributed by atoms with Gasteiger partial charge in [0.25, 0.3) is 0 Å². The molecule has 3 amide bonds. The molecule has 0 aromatic heterocycles. The van der Waals surface area contributed by atoms with E-state index in [4.69, 9.17) is 15.6 Å². The molecule has 3 N–H and O–H groups in total. The number of aliphatic carboxylic acids is 1. The highest BCUT2D eigenvalue weighted by Gasteiger charge is 2.35. The topological polar surface area (TPSA) is 113 Å². The van der Waals surface area contributed by atoms with Crippen LogP contribution in [0.15, 0.2) is 0 Å². The van der Waals surface area contributed by atoms with E-state index >= 15 is 0 Å². The molecule has 1 atom stereocenters. The van der Waals surface area contributed by atoms with Crippen molar-refractivity contribution in [1.82, 2.24) is 9.80 Å². The van der Waals surface area contributed by atoms with E-state index in [9.17, 15) is 14.4 Å². The zero-order valence-corrected chi connectivity index (χ0v) is 11.8. The van der Waals surface area contributed by atoms with E-state index < -0.39 is 36.6 Å². The normalized spacial score (nSPS) is 22.4. The third-order valence-electron chi connectivity index (χ3n) is 3.37. The van der Waals surface area contributed by atoms with Crippen molar-refractivity contribution in [2.75, 3.05) is 33.3 Å². The van der Waals surface area contributed by atoms with Crippen LogP contribution in [-0.4, -0.2) is 71.7 Å². The average Bonchev–Trinajstić information content (AvgIpc) is 2.36. The fourth-order valence-electron chi connectivity index (χ4n) is 2.28. The Morgan fingerprint density at radius 2 is 2.05 bits per heavy atom. The maximum atomic E-state index is 12.3. The second kappa shape index (κ2) is 6.56. The first-order chi connectivity index (χ1) is 9.27. The van der Waals surface area contributed by atoms with Crippen LogP contribution < -0.4 is 5.73 Å². The van der Waals surface area contributed by atoms with Gasteiger partial charge in [-0.05, 0) is 19.8 Å². The van der Waals surface area contributed by atoms with Crippen LogP contribution >= 0.6 is 0 Å². The number of urea groups is 1. The van der Waals surface area contributed by atoms with Crippen molar-refractivity contribution in [3.63, 3.8) is 0 Å². The quantitative estimate of drug-likeness (QED) is 0.706. The third-order valence-corrected chi connectivity index (χ3v) is 3.37. The molecule has 1 saturated heterocycles. The van der Waals surface area contributed by atoms with E-state index in [1.165, 1.54) is 4.90 Å². The number of methoxy groups -OCH3 is 1. The van der Waals surface area contributed by atoms with Crippen LogP contribution in [0.5, 0.6) is 0 Å². The fraction of sp³-hybridized carbons (Fsp3) is 0.750. The monoisotopic (exact) mass is 287 g/mol. The van der Waals surface area contributed by atoms with Gasteiger partial charge in [0, 0.05) is 13.7 Å². The summed E-state index contributed by atoms with van der Waals surface area (Å²) >= 11 is 0.